The Bertz CT molecular complexity index is 469. The van der Waals surface area contributed by atoms with E-state index in [9.17, 15) is 12.9 Å². The fourth-order valence-corrected chi connectivity index (χ4v) is 2.91. The van der Waals surface area contributed by atoms with Crippen LogP contribution in [0.5, 0.6) is 0 Å². The number of benzene rings is 1. The lowest BCUT2D eigenvalue weighted by atomic mass is 9.99. The van der Waals surface area contributed by atoms with E-state index in [1.165, 1.54) is 6.07 Å². The van der Waals surface area contributed by atoms with Crippen molar-refractivity contribution in [2.75, 3.05) is 13.1 Å². The largest absolute Gasteiger partial charge is 0.316 e. The fourth-order valence-electron chi connectivity index (χ4n) is 2.02. The first-order valence-corrected chi connectivity index (χ1v) is 6.55. The van der Waals surface area contributed by atoms with Gasteiger partial charge in [0.15, 0.2) is 0 Å². The summed E-state index contributed by atoms with van der Waals surface area (Å²) in [5, 5.41) is 3.16. The summed E-state index contributed by atoms with van der Waals surface area (Å²) in [7, 11) is -4.01. The molecule has 1 aliphatic rings. The van der Waals surface area contributed by atoms with Crippen LogP contribution in [0.15, 0.2) is 29.2 Å². The molecule has 0 amide bonds. The first-order chi connectivity index (χ1) is 7.65. The number of rotatable bonds is 3. The predicted molar refractivity (Wildman–Crippen MR) is 58.1 cm³/mol. The molecule has 0 spiro atoms. The third kappa shape index (κ3) is 2.09. The lowest BCUT2D eigenvalue weighted by molar-refractivity contribution is 0.425. The Morgan fingerprint density at radius 2 is 2.12 bits per heavy atom. The summed E-state index contributed by atoms with van der Waals surface area (Å²) in [4.78, 5) is 0.907. The van der Waals surface area contributed by atoms with Gasteiger partial charge < -0.3 is 5.32 Å². The molecule has 1 unspecified atom stereocenters. The van der Waals surface area contributed by atoms with Gasteiger partial charge in [0.05, 0.1) is 4.90 Å². The van der Waals surface area contributed by atoms with Crippen LogP contribution in [-0.4, -0.2) is 21.5 Å². The summed E-state index contributed by atoms with van der Waals surface area (Å²) in [5.41, 5.74) is 0.678. The third-order valence-corrected chi connectivity index (χ3v) is 3.96. The molecule has 1 aliphatic heterocycles. The van der Waals surface area contributed by atoms with E-state index in [1.54, 1.807) is 18.2 Å². The first-order valence-electron chi connectivity index (χ1n) is 5.07. The second kappa shape index (κ2) is 4.48. The molecule has 88 valence electrons. The van der Waals surface area contributed by atoms with E-state index in [2.05, 4.69) is 5.32 Å². The molecule has 0 bridgehead atoms. The molecule has 0 radical (unpaired) electrons. The van der Waals surface area contributed by atoms with E-state index in [4.69, 9.17) is 0 Å². The quantitative estimate of drug-likeness (QED) is 0.778. The van der Waals surface area contributed by atoms with E-state index < -0.39 is 10.0 Å². The van der Waals surface area contributed by atoms with Crippen molar-refractivity contribution >= 4 is 10.0 Å². The molecule has 0 aliphatic carbocycles. The highest BCUT2D eigenvalue weighted by Crippen LogP contribution is 2.28. The molecule has 1 atom stereocenters. The van der Waals surface area contributed by atoms with Crippen LogP contribution in [0.25, 0.3) is 0 Å². The van der Waals surface area contributed by atoms with E-state index in [0.717, 1.165) is 24.5 Å². The number of hydrogen-bond donors (Lipinski definition) is 2. The number of halogens is 1. The number of hydrogen-bond acceptors (Lipinski definition) is 3. The lowest BCUT2D eigenvalue weighted by Crippen LogP contribution is -2.18. The van der Waals surface area contributed by atoms with Crippen molar-refractivity contribution in [1.82, 2.24) is 10.3 Å². The topological polar surface area (TPSA) is 58.2 Å². The minimum absolute atomic E-state index is 0.0335. The molecule has 0 saturated carbocycles. The van der Waals surface area contributed by atoms with Crippen molar-refractivity contribution in [3.63, 3.8) is 0 Å². The van der Waals surface area contributed by atoms with Crippen molar-refractivity contribution in [2.24, 2.45) is 0 Å². The zero-order valence-corrected chi connectivity index (χ0v) is 9.43. The zero-order valence-electron chi connectivity index (χ0n) is 8.61. The predicted octanol–water partition coefficient (Wildman–Crippen LogP) is 0.926. The lowest BCUT2D eigenvalue weighted by Gasteiger charge is -2.13. The first kappa shape index (κ1) is 11.5. The van der Waals surface area contributed by atoms with Crippen molar-refractivity contribution in [3.8, 4) is 0 Å². The van der Waals surface area contributed by atoms with Gasteiger partial charge in [-0.15, -0.1) is 4.48 Å². The Kier molecular flexibility index (Phi) is 3.22. The van der Waals surface area contributed by atoms with Gasteiger partial charge in [0.25, 0.3) is 10.0 Å². The van der Waals surface area contributed by atoms with Crippen LogP contribution in [0.2, 0.25) is 0 Å². The maximum Gasteiger partial charge on any atom is 0.266 e. The molecular formula is C10H13FN2O2S. The van der Waals surface area contributed by atoms with Crippen LogP contribution in [0, 0.1) is 0 Å². The summed E-state index contributed by atoms with van der Waals surface area (Å²) in [6.07, 6.45) is 0.874. The van der Waals surface area contributed by atoms with Gasteiger partial charge in [-0.1, -0.05) is 18.2 Å². The second-order valence-electron chi connectivity index (χ2n) is 3.81. The average molecular weight is 244 g/mol. The van der Waals surface area contributed by atoms with Gasteiger partial charge in [0, 0.05) is 6.54 Å². The van der Waals surface area contributed by atoms with Gasteiger partial charge in [0.2, 0.25) is 0 Å². The van der Waals surface area contributed by atoms with Crippen LogP contribution < -0.4 is 10.3 Å². The highest BCUT2D eigenvalue weighted by Gasteiger charge is 2.25. The van der Waals surface area contributed by atoms with Crippen LogP contribution in [-0.2, 0) is 10.0 Å². The van der Waals surface area contributed by atoms with Gasteiger partial charge in [-0.05, 0) is 35.5 Å². The summed E-state index contributed by atoms with van der Waals surface area (Å²) in [6, 6.07) is 6.53. The zero-order chi connectivity index (χ0) is 11.6. The molecule has 2 rings (SSSR count). The molecule has 1 heterocycles. The van der Waals surface area contributed by atoms with Crippen molar-refractivity contribution in [3.05, 3.63) is 29.8 Å². The minimum Gasteiger partial charge on any atom is -0.316 e. The minimum atomic E-state index is -4.01. The average Bonchev–Trinajstić information content (AvgIpc) is 2.82. The normalized spacial score (nSPS) is 21.2. The molecule has 2 N–H and O–H groups in total. The van der Waals surface area contributed by atoms with Gasteiger partial charge in [-0.25, -0.2) is 8.42 Å². The van der Waals surface area contributed by atoms with Gasteiger partial charge >= 0.3 is 0 Å². The Morgan fingerprint density at radius 1 is 1.38 bits per heavy atom. The van der Waals surface area contributed by atoms with Gasteiger partial charge in [-0.2, -0.15) is 0 Å². The molecule has 1 aromatic rings. The second-order valence-corrected chi connectivity index (χ2v) is 5.41. The van der Waals surface area contributed by atoms with E-state index in [-0.39, 0.29) is 10.8 Å². The van der Waals surface area contributed by atoms with E-state index >= 15 is 0 Å². The molecule has 4 nitrogen and oxygen atoms in total. The summed E-state index contributed by atoms with van der Waals surface area (Å²) in [6.45, 7) is 1.60. The molecule has 6 heteroatoms. The maximum absolute atomic E-state index is 12.3. The van der Waals surface area contributed by atoms with Crippen LogP contribution in [0.4, 0.5) is 4.48 Å². The Morgan fingerprint density at radius 3 is 2.75 bits per heavy atom. The van der Waals surface area contributed by atoms with E-state index in [0.29, 0.717) is 5.56 Å². The number of sulfonamides is 1. The van der Waals surface area contributed by atoms with Crippen LogP contribution in [0.1, 0.15) is 17.9 Å². The molecule has 1 fully saturated rings. The summed E-state index contributed by atoms with van der Waals surface area (Å²) < 4.78 is 35.2. The van der Waals surface area contributed by atoms with Gasteiger partial charge in [0.1, 0.15) is 0 Å². The molecule has 1 aromatic carbocycles. The number of nitrogens with one attached hydrogen (secondary N) is 2. The SMILES string of the molecule is O=S(=O)(NF)c1ccccc1C1CCNC1. The van der Waals surface area contributed by atoms with Crippen molar-refractivity contribution in [2.45, 2.75) is 17.2 Å². The molecule has 16 heavy (non-hydrogen) atoms. The highest BCUT2D eigenvalue weighted by atomic mass is 32.2. The molecular weight excluding hydrogens is 231 g/mol. The van der Waals surface area contributed by atoms with Crippen LogP contribution >= 0.6 is 0 Å². The third-order valence-electron chi connectivity index (χ3n) is 2.81. The Labute approximate surface area is 93.8 Å². The van der Waals surface area contributed by atoms with Crippen LogP contribution in [0.3, 0.4) is 0 Å². The highest BCUT2D eigenvalue weighted by molar-refractivity contribution is 7.89. The van der Waals surface area contributed by atoms with E-state index in [1.807, 2.05) is 0 Å². The fraction of sp³-hybridized carbons (Fsp3) is 0.400. The monoisotopic (exact) mass is 244 g/mol. The Hall–Kier alpha value is -0.980. The standard InChI is InChI=1S/C10H13FN2O2S/c11-13-16(14,15)10-4-2-1-3-9(10)8-5-6-12-7-8/h1-4,8,12-13H,5-7H2. The van der Waals surface area contributed by atoms with Crippen molar-refractivity contribution in [1.29, 1.82) is 0 Å². The van der Waals surface area contributed by atoms with Gasteiger partial charge in [-0.3, -0.25) is 0 Å². The van der Waals surface area contributed by atoms with Crippen molar-refractivity contribution < 1.29 is 12.9 Å². The molecule has 0 aromatic heterocycles. The Balaban J connectivity index is 2.45. The molecule has 1 saturated heterocycles. The summed E-state index contributed by atoms with van der Waals surface area (Å²) in [5.74, 6) is 0.138. The summed E-state index contributed by atoms with van der Waals surface area (Å²) >= 11 is 0. The smallest absolute Gasteiger partial charge is 0.266 e. The maximum atomic E-state index is 12.3.